The summed E-state index contributed by atoms with van der Waals surface area (Å²) in [7, 11) is 0. The van der Waals surface area contributed by atoms with Crippen molar-refractivity contribution in [3.05, 3.63) is 82.6 Å². The Morgan fingerprint density at radius 3 is 2.60 bits per heavy atom. The van der Waals surface area contributed by atoms with Gasteiger partial charge in [0.25, 0.3) is 0 Å². The SMILES string of the molecule is Clc1ccc(-c2cc3c(SCc4ccccc4Cl)nccn3n2)cc1. The fraction of sp³-hybridized carbons (Fsp3) is 0.0526. The van der Waals surface area contributed by atoms with Gasteiger partial charge in [-0.05, 0) is 29.8 Å². The maximum absolute atomic E-state index is 6.24. The summed E-state index contributed by atoms with van der Waals surface area (Å²) in [4.78, 5) is 4.51. The average Bonchev–Trinajstić information content (AvgIpc) is 3.06. The van der Waals surface area contributed by atoms with Crippen molar-refractivity contribution in [3.63, 3.8) is 0 Å². The fourth-order valence-electron chi connectivity index (χ4n) is 2.53. The summed E-state index contributed by atoms with van der Waals surface area (Å²) < 4.78 is 1.85. The van der Waals surface area contributed by atoms with Gasteiger partial charge in [-0.2, -0.15) is 5.10 Å². The van der Waals surface area contributed by atoms with Crippen LogP contribution in [0.25, 0.3) is 16.8 Å². The Bertz CT molecular complexity index is 1030. The smallest absolute Gasteiger partial charge is 0.122 e. The van der Waals surface area contributed by atoms with E-state index < -0.39 is 0 Å². The van der Waals surface area contributed by atoms with Crippen molar-refractivity contribution in [2.24, 2.45) is 0 Å². The molecule has 0 atom stereocenters. The van der Waals surface area contributed by atoms with Gasteiger partial charge >= 0.3 is 0 Å². The molecular weight excluding hydrogens is 373 g/mol. The van der Waals surface area contributed by atoms with Gasteiger partial charge in [-0.1, -0.05) is 65.3 Å². The van der Waals surface area contributed by atoms with Crippen LogP contribution in [0.5, 0.6) is 0 Å². The van der Waals surface area contributed by atoms with E-state index in [0.29, 0.717) is 5.02 Å². The van der Waals surface area contributed by atoms with E-state index in [1.165, 1.54) is 0 Å². The summed E-state index contributed by atoms with van der Waals surface area (Å²) in [6.07, 6.45) is 3.62. The number of hydrogen-bond acceptors (Lipinski definition) is 3. The van der Waals surface area contributed by atoms with Gasteiger partial charge in [-0.25, -0.2) is 9.50 Å². The monoisotopic (exact) mass is 385 g/mol. The second-order valence-corrected chi connectivity index (χ2v) is 7.29. The molecule has 3 nitrogen and oxygen atoms in total. The van der Waals surface area contributed by atoms with Crippen molar-refractivity contribution in [2.45, 2.75) is 10.8 Å². The minimum absolute atomic E-state index is 0.713. The van der Waals surface area contributed by atoms with Gasteiger partial charge in [0.1, 0.15) is 5.03 Å². The van der Waals surface area contributed by atoms with E-state index >= 15 is 0 Å². The van der Waals surface area contributed by atoms with Gasteiger partial charge in [0.15, 0.2) is 0 Å². The first-order valence-electron chi connectivity index (χ1n) is 7.67. The summed E-state index contributed by atoms with van der Waals surface area (Å²) in [5, 5.41) is 7.05. The van der Waals surface area contributed by atoms with Crippen molar-refractivity contribution >= 4 is 40.5 Å². The van der Waals surface area contributed by atoms with Gasteiger partial charge in [-0.15, -0.1) is 0 Å². The maximum Gasteiger partial charge on any atom is 0.122 e. The van der Waals surface area contributed by atoms with Crippen LogP contribution in [0.1, 0.15) is 5.56 Å². The first-order valence-corrected chi connectivity index (χ1v) is 9.41. The third-order valence-electron chi connectivity index (χ3n) is 3.82. The van der Waals surface area contributed by atoms with E-state index in [1.54, 1.807) is 18.0 Å². The zero-order valence-electron chi connectivity index (χ0n) is 13.1. The van der Waals surface area contributed by atoms with Crippen LogP contribution in [0.4, 0.5) is 0 Å². The molecule has 0 saturated heterocycles. The van der Waals surface area contributed by atoms with Crippen LogP contribution < -0.4 is 0 Å². The Morgan fingerprint density at radius 1 is 1.00 bits per heavy atom. The standard InChI is InChI=1S/C19H13Cl2N3S/c20-15-7-5-13(6-8-15)17-11-18-19(22-9-10-24(18)23-17)25-12-14-3-1-2-4-16(14)21/h1-11H,12H2. The summed E-state index contributed by atoms with van der Waals surface area (Å²) >= 11 is 13.9. The third-order valence-corrected chi connectivity index (χ3v) is 5.48. The molecule has 0 aliphatic rings. The summed E-state index contributed by atoms with van der Waals surface area (Å²) in [6.45, 7) is 0. The van der Waals surface area contributed by atoms with Crippen molar-refractivity contribution < 1.29 is 0 Å². The molecule has 2 aromatic carbocycles. The number of hydrogen-bond donors (Lipinski definition) is 0. The van der Waals surface area contributed by atoms with Crippen LogP contribution in [0.15, 0.2) is 72.0 Å². The number of halogens is 2. The van der Waals surface area contributed by atoms with Gasteiger partial charge in [-0.3, -0.25) is 0 Å². The van der Waals surface area contributed by atoms with Crippen LogP contribution in [0.3, 0.4) is 0 Å². The molecule has 0 bridgehead atoms. The number of thioether (sulfide) groups is 1. The lowest BCUT2D eigenvalue weighted by atomic mass is 10.1. The van der Waals surface area contributed by atoms with Crippen LogP contribution >= 0.6 is 35.0 Å². The molecule has 0 unspecified atom stereocenters. The molecule has 0 radical (unpaired) electrons. The molecule has 25 heavy (non-hydrogen) atoms. The minimum atomic E-state index is 0.713. The molecule has 0 N–H and O–H groups in total. The topological polar surface area (TPSA) is 30.2 Å². The highest BCUT2D eigenvalue weighted by Gasteiger charge is 2.10. The van der Waals surface area contributed by atoms with Gasteiger partial charge in [0.05, 0.1) is 11.2 Å². The molecule has 0 amide bonds. The number of rotatable bonds is 4. The number of benzene rings is 2. The first-order chi connectivity index (χ1) is 12.2. The molecule has 2 aromatic heterocycles. The van der Waals surface area contributed by atoms with Gasteiger partial charge in [0, 0.05) is 33.8 Å². The largest absolute Gasteiger partial charge is 0.246 e. The maximum atomic E-state index is 6.24. The number of nitrogens with zero attached hydrogens (tertiary/aromatic N) is 3. The lowest BCUT2D eigenvalue weighted by molar-refractivity contribution is 0.920. The lowest BCUT2D eigenvalue weighted by Crippen LogP contribution is -1.91. The average molecular weight is 386 g/mol. The number of aromatic nitrogens is 3. The molecule has 2 heterocycles. The summed E-state index contributed by atoms with van der Waals surface area (Å²) in [5.41, 5.74) is 3.99. The highest BCUT2D eigenvalue weighted by Crippen LogP contribution is 2.30. The van der Waals surface area contributed by atoms with Crippen molar-refractivity contribution in [3.8, 4) is 11.3 Å². The van der Waals surface area contributed by atoms with E-state index in [4.69, 9.17) is 23.2 Å². The third kappa shape index (κ3) is 3.52. The second kappa shape index (κ2) is 7.08. The zero-order valence-corrected chi connectivity index (χ0v) is 15.4. The van der Waals surface area contributed by atoms with E-state index in [2.05, 4.69) is 10.1 Å². The van der Waals surface area contributed by atoms with Crippen LogP contribution in [0.2, 0.25) is 10.0 Å². The lowest BCUT2D eigenvalue weighted by Gasteiger charge is -2.04. The molecule has 0 aliphatic carbocycles. The molecule has 6 heteroatoms. The van der Waals surface area contributed by atoms with Crippen LogP contribution in [-0.4, -0.2) is 14.6 Å². The fourth-order valence-corrected chi connectivity index (χ4v) is 3.92. The van der Waals surface area contributed by atoms with Crippen LogP contribution in [-0.2, 0) is 5.75 Å². The van der Waals surface area contributed by atoms with Gasteiger partial charge < -0.3 is 0 Å². The predicted molar refractivity (Wildman–Crippen MR) is 104 cm³/mol. The Hall–Kier alpha value is -2.01. The van der Waals surface area contributed by atoms with E-state index in [1.807, 2.05) is 65.3 Å². The van der Waals surface area contributed by atoms with Gasteiger partial charge in [0.2, 0.25) is 0 Å². The summed E-state index contributed by atoms with van der Waals surface area (Å²) in [6, 6.07) is 17.6. The molecule has 0 spiro atoms. The van der Waals surface area contributed by atoms with Crippen LogP contribution in [0, 0.1) is 0 Å². The van der Waals surface area contributed by atoms with Crippen molar-refractivity contribution in [1.29, 1.82) is 0 Å². The Balaban J connectivity index is 1.66. The Labute approximate surface area is 159 Å². The highest BCUT2D eigenvalue weighted by molar-refractivity contribution is 7.98. The molecular formula is C19H13Cl2N3S. The molecule has 124 valence electrons. The molecule has 0 fully saturated rings. The molecule has 0 saturated carbocycles. The molecule has 4 rings (SSSR count). The Morgan fingerprint density at radius 2 is 1.80 bits per heavy atom. The number of fused-ring (bicyclic) bond motifs is 1. The second-order valence-electron chi connectivity index (χ2n) is 5.48. The quantitative estimate of drug-likeness (QED) is 0.403. The van der Waals surface area contributed by atoms with E-state index in [9.17, 15) is 0 Å². The molecule has 0 aliphatic heterocycles. The minimum Gasteiger partial charge on any atom is -0.246 e. The van der Waals surface area contributed by atoms with E-state index in [-0.39, 0.29) is 0 Å². The normalized spacial score (nSPS) is 11.1. The van der Waals surface area contributed by atoms with Crippen molar-refractivity contribution in [2.75, 3.05) is 0 Å². The van der Waals surface area contributed by atoms with Crippen molar-refractivity contribution in [1.82, 2.24) is 14.6 Å². The Kier molecular flexibility index (Phi) is 4.66. The predicted octanol–water partition coefficient (Wildman–Crippen LogP) is 6.00. The highest BCUT2D eigenvalue weighted by atomic mass is 35.5. The first kappa shape index (κ1) is 16.5. The summed E-state index contributed by atoms with van der Waals surface area (Å²) in [5.74, 6) is 0.758. The zero-order chi connectivity index (χ0) is 17.2. The van der Waals surface area contributed by atoms with E-state index in [0.717, 1.165) is 38.1 Å². The molecule has 4 aromatic rings.